The van der Waals surface area contributed by atoms with Crippen LogP contribution in [0.3, 0.4) is 0 Å². The summed E-state index contributed by atoms with van der Waals surface area (Å²) in [5.74, 6) is -0.863. The third-order valence-corrected chi connectivity index (χ3v) is 2.90. The molecule has 5 heteroatoms. The van der Waals surface area contributed by atoms with Gasteiger partial charge in [-0.2, -0.15) is 0 Å². The van der Waals surface area contributed by atoms with Crippen LogP contribution >= 0.6 is 0 Å². The minimum atomic E-state index is -0.689. The zero-order chi connectivity index (χ0) is 14.7. The lowest BCUT2D eigenvalue weighted by Gasteiger charge is -2.21. The van der Waals surface area contributed by atoms with E-state index < -0.39 is 24.1 Å². The second kappa shape index (κ2) is 10.8. The van der Waals surface area contributed by atoms with Crippen molar-refractivity contribution < 1.29 is 23.8 Å². The molecule has 0 saturated carbocycles. The van der Waals surface area contributed by atoms with Crippen LogP contribution in [-0.4, -0.2) is 38.4 Å². The van der Waals surface area contributed by atoms with Crippen LogP contribution in [0, 0.1) is 0 Å². The van der Waals surface area contributed by atoms with Crippen LogP contribution in [0.1, 0.15) is 52.4 Å². The van der Waals surface area contributed by atoms with Crippen LogP contribution in [0.15, 0.2) is 0 Å². The minimum Gasteiger partial charge on any atom is -0.467 e. The van der Waals surface area contributed by atoms with Gasteiger partial charge in [0.25, 0.3) is 0 Å². The molecule has 112 valence electrons. The number of carbonyl (C=O) groups is 2. The fourth-order valence-electron chi connectivity index (χ4n) is 1.72. The van der Waals surface area contributed by atoms with Gasteiger partial charge in [-0.05, 0) is 12.8 Å². The minimum absolute atomic E-state index is 0.432. The number of methoxy groups -OCH3 is 2. The highest BCUT2D eigenvalue weighted by Gasteiger charge is 2.28. The summed E-state index contributed by atoms with van der Waals surface area (Å²) in [7, 11) is 2.65. The van der Waals surface area contributed by atoms with E-state index in [9.17, 15) is 9.59 Å². The summed E-state index contributed by atoms with van der Waals surface area (Å²) >= 11 is 0. The number of hydrogen-bond acceptors (Lipinski definition) is 5. The zero-order valence-corrected chi connectivity index (χ0v) is 12.4. The molecule has 2 atom stereocenters. The molecule has 0 aromatic heterocycles. The molecule has 0 fully saturated rings. The summed E-state index contributed by atoms with van der Waals surface area (Å²) in [6.07, 6.45) is 3.34. The lowest BCUT2D eigenvalue weighted by Crippen LogP contribution is -2.35. The second-order valence-corrected chi connectivity index (χ2v) is 4.44. The standard InChI is InChI=1S/C14H26O5/c1-5-7-9-11(13(15)17-3)19-12(10-8-6-2)14(16)18-4/h11-12H,5-10H2,1-4H3. The second-order valence-electron chi connectivity index (χ2n) is 4.44. The quantitative estimate of drug-likeness (QED) is 0.573. The Hall–Kier alpha value is -1.10. The van der Waals surface area contributed by atoms with Gasteiger partial charge in [-0.1, -0.05) is 39.5 Å². The van der Waals surface area contributed by atoms with Crippen LogP contribution < -0.4 is 0 Å². The predicted octanol–water partition coefficient (Wildman–Crippen LogP) is 2.47. The highest BCUT2D eigenvalue weighted by Crippen LogP contribution is 2.14. The normalized spacial score (nSPS) is 13.7. The number of ether oxygens (including phenoxy) is 3. The van der Waals surface area contributed by atoms with E-state index in [2.05, 4.69) is 0 Å². The molecular weight excluding hydrogens is 248 g/mol. The van der Waals surface area contributed by atoms with Crippen molar-refractivity contribution in [3.63, 3.8) is 0 Å². The molecule has 0 spiro atoms. The molecular formula is C14H26O5. The lowest BCUT2D eigenvalue weighted by molar-refractivity contribution is -0.170. The zero-order valence-electron chi connectivity index (χ0n) is 12.4. The maximum absolute atomic E-state index is 11.6. The Morgan fingerprint density at radius 1 is 0.842 bits per heavy atom. The van der Waals surface area contributed by atoms with Gasteiger partial charge in [-0.25, -0.2) is 9.59 Å². The number of hydrogen-bond donors (Lipinski definition) is 0. The lowest BCUT2D eigenvalue weighted by atomic mass is 10.1. The van der Waals surface area contributed by atoms with E-state index in [1.165, 1.54) is 14.2 Å². The summed E-state index contributed by atoms with van der Waals surface area (Å²) < 4.78 is 15.0. The fourth-order valence-corrected chi connectivity index (χ4v) is 1.72. The van der Waals surface area contributed by atoms with E-state index in [0.29, 0.717) is 12.8 Å². The van der Waals surface area contributed by atoms with Crippen molar-refractivity contribution in [2.24, 2.45) is 0 Å². The SMILES string of the molecule is CCCCC(OC(CCCC)C(=O)OC)C(=O)OC. The van der Waals surface area contributed by atoms with Crippen molar-refractivity contribution in [2.75, 3.05) is 14.2 Å². The highest BCUT2D eigenvalue weighted by atomic mass is 16.6. The molecule has 0 aliphatic carbocycles. The predicted molar refractivity (Wildman–Crippen MR) is 71.7 cm³/mol. The summed E-state index contributed by atoms with van der Waals surface area (Å²) in [5, 5.41) is 0. The first-order valence-corrected chi connectivity index (χ1v) is 6.91. The molecule has 0 bridgehead atoms. The topological polar surface area (TPSA) is 61.8 Å². The van der Waals surface area contributed by atoms with Crippen LogP contribution in [0.4, 0.5) is 0 Å². The fraction of sp³-hybridized carbons (Fsp3) is 0.857. The summed E-state index contributed by atoms with van der Waals surface area (Å²) in [4.78, 5) is 23.3. The maximum atomic E-state index is 11.6. The van der Waals surface area contributed by atoms with E-state index in [-0.39, 0.29) is 0 Å². The summed E-state index contributed by atoms with van der Waals surface area (Å²) in [6.45, 7) is 4.06. The first-order chi connectivity index (χ1) is 9.10. The van der Waals surface area contributed by atoms with Crippen molar-refractivity contribution in [2.45, 2.75) is 64.6 Å². The van der Waals surface area contributed by atoms with Gasteiger partial charge in [-0.3, -0.25) is 0 Å². The molecule has 5 nitrogen and oxygen atoms in total. The molecule has 0 aliphatic rings. The molecule has 0 aromatic rings. The number of rotatable bonds is 10. The van der Waals surface area contributed by atoms with Crippen molar-refractivity contribution >= 4 is 11.9 Å². The molecule has 0 radical (unpaired) electrons. The van der Waals surface area contributed by atoms with Gasteiger partial charge in [0.15, 0.2) is 12.2 Å². The molecule has 0 saturated heterocycles. The molecule has 0 aliphatic heterocycles. The van der Waals surface area contributed by atoms with Crippen LogP contribution in [0.25, 0.3) is 0 Å². The Morgan fingerprint density at radius 3 is 1.47 bits per heavy atom. The monoisotopic (exact) mass is 274 g/mol. The number of carbonyl (C=O) groups excluding carboxylic acids is 2. The number of esters is 2. The Balaban J connectivity index is 4.60. The molecule has 0 N–H and O–H groups in total. The molecule has 0 aromatic carbocycles. The van der Waals surface area contributed by atoms with Crippen molar-refractivity contribution in [3.8, 4) is 0 Å². The van der Waals surface area contributed by atoms with Crippen molar-refractivity contribution in [3.05, 3.63) is 0 Å². The largest absolute Gasteiger partial charge is 0.467 e. The first kappa shape index (κ1) is 17.9. The summed E-state index contributed by atoms with van der Waals surface area (Å²) in [5.41, 5.74) is 0. The van der Waals surface area contributed by atoms with E-state index in [4.69, 9.17) is 14.2 Å². The van der Waals surface area contributed by atoms with E-state index in [1.54, 1.807) is 0 Å². The Kier molecular flexibility index (Phi) is 10.2. The molecule has 2 unspecified atom stereocenters. The molecule has 0 amide bonds. The number of unbranched alkanes of at least 4 members (excludes halogenated alkanes) is 2. The Labute approximate surface area is 115 Å². The first-order valence-electron chi connectivity index (χ1n) is 6.91. The Bertz CT molecular complexity index is 239. The van der Waals surface area contributed by atoms with Crippen LogP contribution in [0.2, 0.25) is 0 Å². The average Bonchev–Trinajstić information content (AvgIpc) is 2.44. The van der Waals surface area contributed by atoms with Gasteiger partial charge in [0.05, 0.1) is 14.2 Å². The van der Waals surface area contributed by atoms with Crippen molar-refractivity contribution in [1.82, 2.24) is 0 Å². The Morgan fingerprint density at radius 2 is 1.21 bits per heavy atom. The van der Waals surface area contributed by atoms with Gasteiger partial charge in [0.1, 0.15) is 0 Å². The molecule has 0 heterocycles. The van der Waals surface area contributed by atoms with E-state index in [0.717, 1.165) is 25.7 Å². The van der Waals surface area contributed by atoms with Gasteiger partial charge >= 0.3 is 11.9 Å². The van der Waals surface area contributed by atoms with Crippen LogP contribution in [0.5, 0.6) is 0 Å². The third kappa shape index (κ3) is 7.15. The third-order valence-electron chi connectivity index (χ3n) is 2.90. The van der Waals surface area contributed by atoms with Crippen molar-refractivity contribution in [1.29, 1.82) is 0 Å². The van der Waals surface area contributed by atoms with Gasteiger partial charge in [-0.15, -0.1) is 0 Å². The summed E-state index contributed by atoms with van der Waals surface area (Å²) in [6, 6.07) is 0. The van der Waals surface area contributed by atoms with E-state index in [1.807, 2.05) is 13.8 Å². The maximum Gasteiger partial charge on any atom is 0.335 e. The van der Waals surface area contributed by atoms with Crippen LogP contribution in [-0.2, 0) is 23.8 Å². The average molecular weight is 274 g/mol. The highest BCUT2D eigenvalue weighted by molar-refractivity contribution is 5.77. The van der Waals surface area contributed by atoms with Gasteiger partial charge < -0.3 is 14.2 Å². The molecule has 0 rings (SSSR count). The van der Waals surface area contributed by atoms with Gasteiger partial charge in [0, 0.05) is 0 Å². The molecule has 19 heavy (non-hydrogen) atoms. The van der Waals surface area contributed by atoms with Gasteiger partial charge in [0.2, 0.25) is 0 Å². The van der Waals surface area contributed by atoms with E-state index >= 15 is 0 Å². The smallest absolute Gasteiger partial charge is 0.335 e.